The minimum absolute atomic E-state index is 0.268. The van der Waals surface area contributed by atoms with E-state index >= 15 is 0 Å². The minimum atomic E-state index is -0.268. The van der Waals surface area contributed by atoms with Crippen LogP contribution in [0.25, 0.3) is 17.3 Å². The molecule has 4 aromatic rings. The molecular weight excluding hydrogens is 416 g/mol. The van der Waals surface area contributed by atoms with Crippen LogP contribution >= 0.6 is 0 Å². The van der Waals surface area contributed by atoms with Gasteiger partial charge in [-0.25, -0.2) is 0 Å². The molecule has 0 saturated carbocycles. The van der Waals surface area contributed by atoms with Crippen LogP contribution in [0.2, 0.25) is 0 Å². The van der Waals surface area contributed by atoms with Crippen molar-refractivity contribution < 1.29 is 14.3 Å². The van der Waals surface area contributed by atoms with Gasteiger partial charge in [0.15, 0.2) is 11.5 Å². The predicted molar refractivity (Wildman–Crippen MR) is 128 cm³/mol. The van der Waals surface area contributed by atoms with E-state index in [0.717, 1.165) is 22.4 Å². The van der Waals surface area contributed by atoms with Gasteiger partial charge in [0, 0.05) is 47.5 Å². The van der Waals surface area contributed by atoms with Crippen LogP contribution in [0, 0.1) is 0 Å². The summed E-state index contributed by atoms with van der Waals surface area (Å²) in [7, 11) is 3.12. The van der Waals surface area contributed by atoms with Gasteiger partial charge < -0.3 is 14.8 Å². The first kappa shape index (κ1) is 21.8. The van der Waals surface area contributed by atoms with E-state index in [-0.39, 0.29) is 5.91 Å². The second kappa shape index (κ2) is 10.3. The number of ether oxygens (including phenoxy) is 2. The first-order valence-electron chi connectivity index (χ1n) is 10.4. The third-order valence-electron chi connectivity index (χ3n) is 4.98. The van der Waals surface area contributed by atoms with Crippen LogP contribution in [0.3, 0.4) is 0 Å². The van der Waals surface area contributed by atoms with Crippen molar-refractivity contribution in [1.29, 1.82) is 0 Å². The van der Waals surface area contributed by atoms with Crippen LogP contribution < -0.4 is 14.8 Å². The predicted octanol–water partition coefficient (Wildman–Crippen LogP) is 4.66. The second-order valence-electron chi connectivity index (χ2n) is 7.25. The van der Waals surface area contributed by atoms with Gasteiger partial charge >= 0.3 is 0 Å². The summed E-state index contributed by atoms with van der Waals surface area (Å²) >= 11 is 0. The highest BCUT2D eigenvalue weighted by atomic mass is 16.5. The Morgan fingerprint density at radius 3 is 2.58 bits per heavy atom. The molecule has 2 aromatic heterocycles. The van der Waals surface area contributed by atoms with Gasteiger partial charge in [-0.15, -0.1) is 0 Å². The molecule has 7 heteroatoms. The molecule has 0 aliphatic rings. The summed E-state index contributed by atoms with van der Waals surface area (Å²) < 4.78 is 12.4. The largest absolute Gasteiger partial charge is 0.493 e. The summed E-state index contributed by atoms with van der Waals surface area (Å²) in [5.41, 5.74) is 4.20. The summed E-state index contributed by atoms with van der Waals surface area (Å²) in [6.45, 7) is 0.625. The third kappa shape index (κ3) is 5.46. The average molecular weight is 441 g/mol. The number of hydrogen-bond donors (Lipinski definition) is 1. The molecule has 0 aliphatic heterocycles. The third-order valence-corrected chi connectivity index (χ3v) is 4.98. The maximum Gasteiger partial charge on any atom is 0.248 e. The first-order chi connectivity index (χ1) is 16.2. The molecule has 0 spiro atoms. The molecule has 0 atom stereocenters. The summed E-state index contributed by atoms with van der Waals surface area (Å²) in [5.74, 6) is 0.869. The van der Waals surface area contributed by atoms with Gasteiger partial charge in [-0.3, -0.25) is 14.5 Å². The minimum Gasteiger partial charge on any atom is -0.493 e. The van der Waals surface area contributed by atoms with Crippen molar-refractivity contribution in [2.75, 3.05) is 19.5 Å². The molecule has 2 aromatic carbocycles. The number of nitrogens with zero attached hydrogens (tertiary/aromatic N) is 3. The molecule has 0 fully saturated rings. The summed E-state index contributed by atoms with van der Waals surface area (Å²) in [6.07, 6.45) is 8.65. The van der Waals surface area contributed by atoms with Gasteiger partial charge in [-0.2, -0.15) is 5.10 Å². The normalized spacial score (nSPS) is 10.8. The topological polar surface area (TPSA) is 78.3 Å². The van der Waals surface area contributed by atoms with Crippen molar-refractivity contribution in [3.8, 4) is 22.8 Å². The lowest BCUT2D eigenvalue weighted by Crippen LogP contribution is -2.08. The Labute approximate surface area is 192 Å². The monoisotopic (exact) mass is 440 g/mol. The molecule has 4 rings (SSSR count). The van der Waals surface area contributed by atoms with Crippen molar-refractivity contribution in [2.45, 2.75) is 6.54 Å². The highest BCUT2D eigenvalue weighted by molar-refractivity contribution is 6.02. The molecule has 1 amide bonds. The molecule has 1 N–H and O–H groups in total. The van der Waals surface area contributed by atoms with Crippen molar-refractivity contribution in [3.63, 3.8) is 0 Å². The van der Waals surface area contributed by atoms with E-state index in [2.05, 4.69) is 22.4 Å². The lowest BCUT2D eigenvalue weighted by molar-refractivity contribution is -0.111. The van der Waals surface area contributed by atoms with Crippen LogP contribution in [0.1, 0.15) is 11.1 Å². The molecule has 33 heavy (non-hydrogen) atoms. The molecule has 2 heterocycles. The molecule has 166 valence electrons. The van der Waals surface area contributed by atoms with E-state index in [1.807, 2.05) is 41.2 Å². The number of rotatable bonds is 8. The summed E-state index contributed by atoms with van der Waals surface area (Å²) in [5, 5.41) is 7.59. The zero-order chi connectivity index (χ0) is 23.0. The molecule has 7 nitrogen and oxygen atoms in total. The molecular formula is C26H24N4O3. The molecule has 0 aliphatic carbocycles. The Bertz CT molecular complexity index is 1250. The number of aromatic nitrogens is 3. The number of carbonyl (C=O) groups is 1. The van der Waals surface area contributed by atoms with Crippen LogP contribution in [0.5, 0.6) is 11.5 Å². The van der Waals surface area contributed by atoms with E-state index in [9.17, 15) is 4.79 Å². The Kier molecular flexibility index (Phi) is 6.80. The quantitative estimate of drug-likeness (QED) is 0.403. The number of methoxy groups -OCH3 is 2. The standard InChI is InChI=1S/C26H24N4O3/c1-32-23-12-11-22(15-24(23)33-2)28-25(31)13-10-21-18-30(17-19-7-4-3-5-8-19)29-26(21)20-9-6-14-27-16-20/h3-16,18H,17H2,1-2H3,(H,28,31)/b13-10+. The maximum absolute atomic E-state index is 12.6. The van der Waals surface area contributed by atoms with Crippen LogP contribution in [-0.4, -0.2) is 34.9 Å². The number of carbonyl (C=O) groups excluding carboxylic acids is 1. The fourth-order valence-electron chi connectivity index (χ4n) is 3.40. The fraction of sp³-hybridized carbons (Fsp3) is 0.115. The molecule has 0 radical (unpaired) electrons. The first-order valence-corrected chi connectivity index (χ1v) is 10.4. The van der Waals surface area contributed by atoms with Crippen molar-refractivity contribution in [2.24, 2.45) is 0 Å². The van der Waals surface area contributed by atoms with Crippen LogP contribution in [-0.2, 0) is 11.3 Å². The maximum atomic E-state index is 12.6. The second-order valence-corrected chi connectivity index (χ2v) is 7.25. The van der Waals surface area contributed by atoms with E-state index in [0.29, 0.717) is 23.7 Å². The van der Waals surface area contributed by atoms with Gasteiger partial charge in [0.1, 0.15) is 5.69 Å². The van der Waals surface area contributed by atoms with Gasteiger partial charge in [0.25, 0.3) is 0 Å². The SMILES string of the molecule is COc1ccc(NC(=O)/C=C/c2cn(Cc3ccccc3)nc2-c2cccnc2)cc1OC. The van der Waals surface area contributed by atoms with Crippen molar-refractivity contribution >= 4 is 17.7 Å². The van der Waals surface area contributed by atoms with Gasteiger partial charge in [-0.1, -0.05) is 30.3 Å². The van der Waals surface area contributed by atoms with Crippen LogP contribution in [0.4, 0.5) is 5.69 Å². The van der Waals surface area contributed by atoms with Crippen LogP contribution in [0.15, 0.2) is 85.3 Å². The lowest BCUT2D eigenvalue weighted by atomic mass is 10.1. The van der Waals surface area contributed by atoms with E-state index in [1.165, 1.54) is 6.08 Å². The Morgan fingerprint density at radius 2 is 1.85 bits per heavy atom. The molecule has 0 bridgehead atoms. The van der Waals surface area contributed by atoms with Gasteiger partial charge in [-0.05, 0) is 35.9 Å². The number of benzene rings is 2. The Balaban J connectivity index is 1.56. The summed E-state index contributed by atoms with van der Waals surface area (Å²) in [4.78, 5) is 16.8. The van der Waals surface area contributed by atoms with Gasteiger partial charge in [0.05, 0.1) is 20.8 Å². The number of hydrogen-bond acceptors (Lipinski definition) is 5. The molecule has 0 unspecified atom stereocenters. The molecule has 0 saturated heterocycles. The highest BCUT2D eigenvalue weighted by Crippen LogP contribution is 2.30. The van der Waals surface area contributed by atoms with E-state index in [1.54, 1.807) is 50.9 Å². The van der Waals surface area contributed by atoms with Crippen molar-refractivity contribution in [1.82, 2.24) is 14.8 Å². The number of amides is 1. The zero-order valence-corrected chi connectivity index (χ0v) is 18.4. The van der Waals surface area contributed by atoms with E-state index in [4.69, 9.17) is 14.6 Å². The van der Waals surface area contributed by atoms with E-state index < -0.39 is 0 Å². The van der Waals surface area contributed by atoms with Gasteiger partial charge in [0.2, 0.25) is 5.91 Å². The highest BCUT2D eigenvalue weighted by Gasteiger charge is 2.11. The number of anilines is 1. The lowest BCUT2D eigenvalue weighted by Gasteiger charge is -2.09. The Hall–Kier alpha value is -4.39. The number of pyridine rings is 1. The smallest absolute Gasteiger partial charge is 0.248 e. The van der Waals surface area contributed by atoms with Crippen molar-refractivity contribution in [3.05, 3.63) is 96.5 Å². The number of nitrogens with one attached hydrogen (secondary N) is 1. The average Bonchev–Trinajstić information content (AvgIpc) is 3.26. The Morgan fingerprint density at radius 1 is 1.03 bits per heavy atom. The summed E-state index contributed by atoms with van der Waals surface area (Å²) in [6, 6.07) is 19.1. The fourth-order valence-corrected chi connectivity index (χ4v) is 3.40. The zero-order valence-electron chi connectivity index (χ0n) is 18.4.